The van der Waals surface area contributed by atoms with Gasteiger partial charge in [-0.1, -0.05) is 96.5 Å². The van der Waals surface area contributed by atoms with E-state index in [9.17, 15) is 9.59 Å². The van der Waals surface area contributed by atoms with E-state index in [-0.39, 0.29) is 30.3 Å². The van der Waals surface area contributed by atoms with Crippen LogP contribution in [0.4, 0.5) is 0 Å². The molecule has 0 aliphatic carbocycles. The van der Waals surface area contributed by atoms with Crippen molar-refractivity contribution >= 4 is 44.7 Å². The lowest BCUT2D eigenvalue weighted by Gasteiger charge is -2.17. The van der Waals surface area contributed by atoms with Gasteiger partial charge in [-0.3, -0.25) is 9.59 Å². The van der Waals surface area contributed by atoms with Crippen LogP contribution in [-0.4, -0.2) is 11.6 Å². The molecule has 0 bridgehead atoms. The number of benzene rings is 5. The van der Waals surface area contributed by atoms with Gasteiger partial charge in [0, 0.05) is 29.0 Å². The predicted octanol–water partition coefficient (Wildman–Crippen LogP) is 8.28. The van der Waals surface area contributed by atoms with Crippen LogP contribution >= 0.6 is 11.6 Å². The third kappa shape index (κ3) is 4.78. The van der Waals surface area contributed by atoms with Gasteiger partial charge < -0.3 is 0 Å². The first-order chi connectivity index (χ1) is 16.6. The molecule has 5 aromatic rings. The molecule has 0 N–H and O–H groups in total. The minimum Gasteiger partial charge on any atom is -0.294 e. The first-order valence-corrected chi connectivity index (χ1v) is 11.7. The molecule has 0 atom stereocenters. The summed E-state index contributed by atoms with van der Waals surface area (Å²) >= 11 is 6.10. The van der Waals surface area contributed by atoms with Gasteiger partial charge in [0.25, 0.3) is 0 Å². The molecule has 0 amide bonds. The Bertz CT molecular complexity index is 1410. The summed E-state index contributed by atoms with van der Waals surface area (Å²) in [4.78, 5) is 26.6. The Kier molecular flexibility index (Phi) is 6.24. The van der Waals surface area contributed by atoms with E-state index >= 15 is 0 Å². The molecule has 5 rings (SSSR count). The first-order valence-electron chi connectivity index (χ1n) is 11.4. The topological polar surface area (TPSA) is 34.1 Å². The van der Waals surface area contributed by atoms with Crippen molar-refractivity contribution in [3.63, 3.8) is 0 Å². The highest BCUT2D eigenvalue weighted by Gasteiger charge is 2.22. The van der Waals surface area contributed by atoms with E-state index < -0.39 is 0 Å². The molecule has 0 heterocycles. The lowest BCUT2D eigenvalue weighted by Crippen LogP contribution is -2.13. The molecule has 2 nitrogen and oxygen atoms in total. The van der Waals surface area contributed by atoms with E-state index in [4.69, 9.17) is 11.6 Å². The average Bonchev–Trinajstić information content (AvgIpc) is 2.88. The number of carbonyl (C=O) groups is 2. The normalized spacial score (nSPS) is 11.2. The van der Waals surface area contributed by atoms with Gasteiger partial charge in [0.15, 0.2) is 11.6 Å². The molecule has 34 heavy (non-hydrogen) atoms. The number of hydrogen-bond donors (Lipinski definition) is 0. The smallest absolute Gasteiger partial charge is 0.163 e. The number of hydrogen-bond acceptors (Lipinski definition) is 2. The van der Waals surface area contributed by atoms with Crippen LogP contribution in [0.15, 0.2) is 109 Å². The Hall–Kier alpha value is -3.75. The molecule has 0 saturated carbocycles. The first kappa shape index (κ1) is 22.1. The molecule has 0 aliphatic heterocycles. The van der Waals surface area contributed by atoms with Crippen LogP contribution in [-0.2, 0) is 0 Å². The summed E-state index contributed by atoms with van der Waals surface area (Å²) in [5.41, 5.74) is 2.26. The van der Waals surface area contributed by atoms with E-state index in [1.807, 2.05) is 109 Å². The summed E-state index contributed by atoms with van der Waals surface area (Å²) in [6.45, 7) is 0. The van der Waals surface area contributed by atoms with Crippen LogP contribution in [0.2, 0.25) is 5.02 Å². The molecule has 3 heteroatoms. The standard InChI is InChI=1S/C31H23ClO2/c32-29-15-13-23(14-16-29)28(19-30(33)26-11-9-21-5-1-3-7-24(21)17-26)20-31(34)27-12-10-22-6-2-4-8-25(22)18-27/h1-18,28H,19-20H2. The maximum Gasteiger partial charge on any atom is 0.163 e. The van der Waals surface area contributed by atoms with Gasteiger partial charge in [-0.2, -0.15) is 0 Å². The van der Waals surface area contributed by atoms with Crippen LogP contribution in [0.5, 0.6) is 0 Å². The minimum atomic E-state index is -0.241. The fraction of sp³-hybridized carbons (Fsp3) is 0.0968. The molecule has 0 saturated heterocycles. The van der Waals surface area contributed by atoms with Crippen LogP contribution in [0.3, 0.4) is 0 Å². The summed E-state index contributed by atoms with van der Waals surface area (Å²) in [6, 6.07) is 35.0. The second kappa shape index (κ2) is 9.62. The summed E-state index contributed by atoms with van der Waals surface area (Å²) in [5.74, 6) is -0.191. The van der Waals surface area contributed by atoms with Gasteiger partial charge in [0.1, 0.15) is 0 Å². The van der Waals surface area contributed by atoms with Gasteiger partial charge in [-0.05, 0) is 57.3 Å². The van der Waals surface area contributed by atoms with Crippen molar-refractivity contribution < 1.29 is 9.59 Å². The molecule has 5 aromatic carbocycles. The molecule has 0 aliphatic rings. The number of rotatable bonds is 7. The molecule has 0 fully saturated rings. The molecule has 0 radical (unpaired) electrons. The zero-order chi connectivity index (χ0) is 23.5. The lowest BCUT2D eigenvalue weighted by molar-refractivity contribution is 0.0944. The van der Waals surface area contributed by atoms with Gasteiger partial charge in [0.05, 0.1) is 0 Å². The molecular formula is C31H23ClO2. The number of fused-ring (bicyclic) bond motifs is 2. The number of carbonyl (C=O) groups excluding carboxylic acids is 2. The summed E-state index contributed by atoms with van der Waals surface area (Å²) in [5, 5.41) is 4.89. The highest BCUT2D eigenvalue weighted by atomic mass is 35.5. The van der Waals surface area contributed by atoms with Crippen LogP contribution in [0.25, 0.3) is 21.5 Å². The number of ketones is 2. The van der Waals surface area contributed by atoms with Crippen LogP contribution in [0, 0.1) is 0 Å². The van der Waals surface area contributed by atoms with E-state index in [0.717, 1.165) is 27.1 Å². The van der Waals surface area contributed by atoms with Crippen molar-refractivity contribution in [2.75, 3.05) is 0 Å². The van der Waals surface area contributed by atoms with Gasteiger partial charge in [-0.15, -0.1) is 0 Å². The maximum atomic E-state index is 13.3. The van der Waals surface area contributed by atoms with Crippen molar-refractivity contribution in [1.29, 1.82) is 0 Å². The maximum absolute atomic E-state index is 13.3. The van der Waals surface area contributed by atoms with Gasteiger partial charge >= 0.3 is 0 Å². The van der Waals surface area contributed by atoms with E-state index in [1.54, 1.807) is 0 Å². The fourth-order valence-electron chi connectivity index (χ4n) is 4.45. The molecule has 0 aromatic heterocycles. The summed E-state index contributed by atoms with van der Waals surface area (Å²) in [7, 11) is 0. The molecule has 0 spiro atoms. The monoisotopic (exact) mass is 462 g/mol. The van der Waals surface area contributed by atoms with Crippen LogP contribution in [0.1, 0.15) is 45.0 Å². The highest BCUT2D eigenvalue weighted by Crippen LogP contribution is 2.29. The zero-order valence-corrected chi connectivity index (χ0v) is 19.3. The fourth-order valence-corrected chi connectivity index (χ4v) is 4.58. The summed E-state index contributed by atoms with van der Waals surface area (Å²) < 4.78 is 0. The lowest BCUT2D eigenvalue weighted by atomic mass is 9.86. The quantitative estimate of drug-likeness (QED) is 0.228. The van der Waals surface area contributed by atoms with E-state index in [2.05, 4.69) is 0 Å². The zero-order valence-electron chi connectivity index (χ0n) is 18.6. The van der Waals surface area contributed by atoms with Crippen molar-refractivity contribution in [3.05, 3.63) is 131 Å². The Balaban J connectivity index is 1.42. The number of Topliss-reactive ketones (excluding diaryl/α,β-unsaturated/α-hetero) is 2. The predicted molar refractivity (Wildman–Crippen MR) is 140 cm³/mol. The molecular weight excluding hydrogens is 440 g/mol. The van der Waals surface area contributed by atoms with E-state index in [0.29, 0.717) is 16.1 Å². The Morgan fingerprint density at radius 2 is 1.00 bits per heavy atom. The van der Waals surface area contributed by atoms with Gasteiger partial charge in [0.2, 0.25) is 0 Å². The van der Waals surface area contributed by atoms with Crippen LogP contribution < -0.4 is 0 Å². The second-order valence-corrected chi connectivity index (χ2v) is 9.06. The Morgan fingerprint density at radius 3 is 1.47 bits per heavy atom. The second-order valence-electron chi connectivity index (χ2n) is 8.63. The number of halogens is 1. The SMILES string of the molecule is O=C(CC(CC(=O)c1ccc2ccccc2c1)c1ccc(Cl)cc1)c1ccc2ccccc2c1. The van der Waals surface area contributed by atoms with Crippen molar-refractivity contribution in [3.8, 4) is 0 Å². The minimum absolute atomic E-state index is 0.0250. The Morgan fingerprint density at radius 1 is 0.559 bits per heavy atom. The summed E-state index contributed by atoms with van der Waals surface area (Å²) in [6.07, 6.45) is 0.499. The van der Waals surface area contributed by atoms with Crippen molar-refractivity contribution in [1.82, 2.24) is 0 Å². The van der Waals surface area contributed by atoms with E-state index in [1.165, 1.54) is 0 Å². The molecule has 0 unspecified atom stereocenters. The van der Waals surface area contributed by atoms with Crippen molar-refractivity contribution in [2.24, 2.45) is 0 Å². The average molecular weight is 463 g/mol. The highest BCUT2D eigenvalue weighted by molar-refractivity contribution is 6.30. The molecule has 166 valence electrons. The Labute approximate surface area is 203 Å². The third-order valence-corrected chi connectivity index (χ3v) is 6.60. The van der Waals surface area contributed by atoms with Crippen molar-refractivity contribution in [2.45, 2.75) is 18.8 Å². The van der Waals surface area contributed by atoms with Gasteiger partial charge in [-0.25, -0.2) is 0 Å². The third-order valence-electron chi connectivity index (χ3n) is 6.35. The largest absolute Gasteiger partial charge is 0.294 e.